The van der Waals surface area contributed by atoms with Gasteiger partial charge >= 0.3 is 0 Å². The first kappa shape index (κ1) is 14.3. The largest absolute Gasteiger partial charge is 0.320 e. The minimum atomic E-state index is 0.618. The molecule has 0 saturated heterocycles. The van der Waals surface area contributed by atoms with Crippen LogP contribution >= 0.6 is 0 Å². The maximum Gasteiger partial charge on any atom is 0.0237 e. The Balaban J connectivity index is 1.92. The van der Waals surface area contributed by atoms with E-state index in [4.69, 9.17) is 0 Å². The van der Waals surface area contributed by atoms with Crippen LogP contribution in [0.15, 0.2) is 0 Å². The van der Waals surface area contributed by atoms with Crippen molar-refractivity contribution in [2.75, 3.05) is 26.7 Å². The molecule has 0 aromatic heterocycles. The van der Waals surface area contributed by atoms with E-state index in [1.54, 1.807) is 0 Å². The van der Waals surface area contributed by atoms with Crippen LogP contribution in [0.3, 0.4) is 0 Å². The predicted octanol–water partition coefficient (Wildman–Crippen LogP) is 3.42. The van der Waals surface area contributed by atoms with Crippen molar-refractivity contribution in [3.63, 3.8) is 0 Å². The monoisotopic (exact) mass is 252 g/mol. The molecule has 1 N–H and O–H groups in total. The van der Waals surface area contributed by atoms with E-state index < -0.39 is 0 Å². The lowest BCUT2D eigenvalue weighted by Gasteiger charge is -2.48. The number of hydrogen-bond donors (Lipinski definition) is 1. The molecule has 0 amide bonds. The molecule has 2 heteroatoms. The number of nitrogens with one attached hydrogen (secondary N) is 1. The zero-order valence-electron chi connectivity index (χ0n) is 12.5. The molecule has 2 saturated carbocycles. The van der Waals surface area contributed by atoms with Crippen LogP contribution in [0.1, 0.15) is 64.7 Å². The Labute approximate surface area is 114 Å². The van der Waals surface area contributed by atoms with Gasteiger partial charge in [0.1, 0.15) is 0 Å². The maximum absolute atomic E-state index is 3.27. The molecule has 0 bridgehead atoms. The van der Waals surface area contributed by atoms with Gasteiger partial charge in [-0.2, -0.15) is 0 Å². The summed E-state index contributed by atoms with van der Waals surface area (Å²) >= 11 is 0. The molecule has 0 radical (unpaired) electrons. The van der Waals surface area contributed by atoms with Gasteiger partial charge in [-0.15, -0.1) is 0 Å². The van der Waals surface area contributed by atoms with Crippen LogP contribution in [0, 0.1) is 5.92 Å². The third kappa shape index (κ3) is 2.91. The number of rotatable bonds is 7. The van der Waals surface area contributed by atoms with E-state index in [0.717, 1.165) is 5.92 Å². The molecule has 18 heavy (non-hydrogen) atoms. The molecule has 2 aliphatic carbocycles. The second kappa shape index (κ2) is 6.91. The van der Waals surface area contributed by atoms with Crippen molar-refractivity contribution in [1.82, 2.24) is 10.2 Å². The lowest BCUT2D eigenvalue weighted by molar-refractivity contribution is 0.0219. The number of unbranched alkanes of at least 4 members (excludes halogenated alkanes) is 1. The molecule has 0 aromatic carbocycles. The van der Waals surface area contributed by atoms with E-state index in [2.05, 4.69) is 24.2 Å². The summed E-state index contributed by atoms with van der Waals surface area (Å²) in [5.41, 5.74) is 0.618. The van der Waals surface area contributed by atoms with Crippen molar-refractivity contribution in [3.8, 4) is 0 Å². The highest BCUT2D eigenvalue weighted by atomic mass is 15.2. The molecule has 0 heterocycles. The van der Waals surface area contributed by atoms with E-state index in [1.807, 2.05) is 0 Å². The Bertz CT molecular complexity index is 241. The molecule has 2 atom stereocenters. The Morgan fingerprint density at radius 3 is 2.67 bits per heavy atom. The summed E-state index contributed by atoms with van der Waals surface area (Å²) in [6.45, 7) is 6.13. The lowest BCUT2D eigenvalue weighted by atomic mass is 9.73. The first-order valence-corrected chi connectivity index (χ1v) is 8.23. The quantitative estimate of drug-likeness (QED) is 0.698. The highest BCUT2D eigenvalue weighted by Gasteiger charge is 2.47. The van der Waals surface area contributed by atoms with Gasteiger partial charge in [0.25, 0.3) is 0 Å². The molecule has 2 unspecified atom stereocenters. The first-order chi connectivity index (χ1) is 8.83. The van der Waals surface area contributed by atoms with Crippen molar-refractivity contribution in [2.45, 2.75) is 70.3 Å². The minimum Gasteiger partial charge on any atom is -0.320 e. The van der Waals surface area contributed by atoms with Crippen LogP contribution < -0.4 is 5.32 Å². The van der Waals surface area contributed by atoms with Gasteiger partial charge in [-0.05, 0) is 71.1 Å². The third-order valence-electron chi connectivity index (χ3n) is 5.45. The highest BCUT2D eigenvalue weighted by Crippen LogP contribution is 2.49. The van der Waals surface area contributed by atoms with Crippen LogP contribution in [-0.4, -0.2) is 37.1 Å². The molecule has 106 valence electrons. The van der Waals surface area contributed by atoms with E-state index in [-0.39, 0.29) is 0 Å². The van der Waals surface area contributed by atoms with Gasteiger partial charge in [0.2, 0.25) is 0 Å². The Hall–Kier alpha value is -0.0800. The summed E-state index contributed by atoms with van der Waals surface area (Å²) in [6, 6.07) is 0. The van der Waals surface area contributed by atoms with Crippen molar-refractivity contribution in [3.05, 3.63) is 0 Å². The van der Waals surface area contributed by atoms with Gasteiger partial charge in [-0.3, -0.25) is 4.90 Å². The molecule has 0 aliphatic heterocycles. The van der Waals surface area contributed by atoms with Gasteiger partial charge in [0, 0.05) is 5.54 Å². The summed E-state index contributed by atoms with van der Waals surface area (Å²) in [4.78, 5) is 2.86. The van der Waals surface area contributed by atoms with Gasteiger partial charge in [0.05, 0.1) is 0 Å². The van der Waals surface area contributed by atoms with E-state index >= 15 is 0 Å². The fraction of sp³-hybridized carbons (Fsp3) is 1.00. The van der Waals surface area contributed by atoms with Crippen molar-refractivity contribution in [2.24, 2.45) is 5.92 Å². The van der Waals surface area contributed by atoms with Crippen LogP contribution in [0.5, 0.6) is 0 Å². The average Bonchev–Trinajstić information content (AvgIpc) is 2.83. The van der Waals surface area contributed by atoms with Crippen molar-refractivity contribution >= 4 is 0 Å². The molecular weight excluding hydrogens is 220 g/mol. The molecule has 2 fully saturated rings. The minimum absolute atomic E-state index is 0.618. The second-order valence-electron chi connectivity index (χ2n) is 6.33. The van der Waals surface area contributed by atoms with E-state index in [0.29, 0.717) is 5.54 Å². The average molecular weight is 252 g/mol. The molecule has 0 aromatic rings. The summed E-state index contributed by atoms with van der Waals surface area (Å²) in [5.74, 6) is 1.02. The molecule has 2 rings (SSSR count). The Morgan fingerprint density at radius 2 is 1.89 bits per heavy atom. The molecule has 0 spiro atoms. The Kier molecular flexibility index (Phi) is 5.50. The fourth-order valence-corrected chi connectivity index (χ4v) is 4.57. The smallest absolute Gasteiger partial charge is 0.0237 e. The van der Waals surface area contributed by atoms with Crippen LogP contribution in [0.2, 0.25) is 0 Å². The van der Waals surface area contributed by atoms with Crippen LogP contribution in [-0.2, 0) is 0 Å². The summed E-state index contributed by atoms with van der Waals surface area (Å²) in [7, 11) is 2.06. The van der Waals surface area contributed by atoms with Gasteiger partial charge < -0.3 is 5.32 Å². The maximum atomic E-state index is 3.27. The van der Waals surface area contributed by atoms with E-state index in [9.17, 15) is 0 Å². The first-order valence-electron chi connectivity index (χ1n) is 8.23. The van der Waals surface area contributed by atoms with Gasteiger partial charge in [0.15, 0.2) is 0 Å². The second-order valence-corrected chi connectivity index (χ2v) is 6.33. The number of hydrogen-bond acceptors (Lipinski definition) is 2. The van der Waals surface area contributed by atoms with Crippen LogP contribution in [0.25, 0.3) is 0 Å². The summed E-state index contributed by atoms with van der Waals surface area (Å²) in [6.07, 6.45) is 13.1. The zero-order chi connectivity index (χ0) is 12.8. The fourth-order valence-electron chi connectivity index (χ4n) is 4.57. The van der Waals surface area contributed by atoms with E-state index in [1.165, 1.54) is 77.4 Å². The third-order valence-corrected chi connectivity index (χ3v) is 5.45. The number of fused-ring (bicyclic) bond motifs is 1. The molecule has 2 aliphatic rings. The van der Waals surface area contributed by atoms with Crippen LogP contribution in [0.4, 0.5) is 0 Å². The highest BCUT2D eigenvalue weighted by molar-refractivity contribution is 5.02. The molecule has 2 nitrogen and oxygen atoms in total. The predicted molar refractivity (Wildman–Crippen MR) is 78.9 cm³/mol. The molecular formula is C16H32N2. The lowest BCUT2D eigenvalue weighted by Crippen LogP contribution is -2.53. The topological polar surface area (TPSA) is 15.3 Å². The summed E-state index contributed by atoms with van der Waals surface area (Å²) in [5, 5.41) is 3.27. The number of nitrogens with zero attached hydrogens (tertiary/aromatic N) is 1. The SMILES string of the molecule is CCN(CCCCNC)C12CCCCC1CCC2. The zero-order valence-corrected chi connectivity index (χ0v) is 12.5. The summed E-state index contributed by atoms with van der Waals surface area (Å²) < 4.78 is 0. The normalized spacial score (nSPS) is 31.8. The van der Waals surface area contributed by atoms with Crippen molar-refractivity contribution in [1.29, 1.82) is 0 Å². The standard InChI is InChI=1S/C16H32N2/c1-3-18(14-7-6-13-17-2)16-11-5-4-9-15(16)10-8-12-16/h15,17H,3-14H2,1-2H3. The van der Waals surface area contributed by atoms with Gasteiger partial charge in [-0.25, -0.2) is 0 Å². The van der Waals surface area contributed by atoms with Gasteiger partial charge in [-0.1, -0.05) is 26.2 Å². The van der Waals surface area contributed by atoms with Crippen molar-refractivity contribution < 1.29 is 0 Å². The Morgan fingerprint density at radius 1 is 1.11 bits per heavy atom.